The van der Waals surface area contributed by atoms with Gasteiger partial charge in [-0.25, -0.2) is 0 Å². The SMILES string of the molecule is CCOC(=O)CCc1cccc(-c2cccc(CCC(=O)OCC)n2)n1. The molecular weight excluding hydrogens is 332 g/mol. The fourth-order valence-electron chi connectivity index (χ4n) is 2.45. The average Bonchev–Trinajstić information content (AvgIpc) is 2.66. The van der Waals surface area contributed by atoms with Crippen LogP contribution < -0.4 is 0 Å². The molecule has 0 spiro atoms. The van der Waals surface area contributed by atoms with Crippen LogP contribution in [0.3, 0.4) is 0 Å². The molecule has 26 heavy (non-hydrogen) atoms. The number of hydrogen-bond acceptors (Lipinski definition) is 6. The lowest BCUT2D eigenvalue weighted by Crippen LogP contribution is -2.06. The zero-order valence-electron chi connectivity index (χ0n) is 15.2. The summed E-state index contributed by atoms with van der Waals surface area (Å²) < 4.78 is 9.88. The molecule has 0 N–H and O–H groups in total. The molecule has 6 heteroatoms. The second-order valence-electron chi connectivity index (χ2n) is 5.64. The van der Waals surface area contributed by atoms with Crippen LogP contribution in [0, 0.1) is 0 Å². The third-order valence-electron chi connectivity index (χ3n) is 3.66. The van der Waals surface area contributed by atoms with Crippen LogP contribution in [0.1, 0.15) is 38.1 Å². The van der Waals surface area contributed by atoms with Crippen LogP contribution in [-0.4, -0.2) is 35.1 Å². The first-order valence-corrected chi connectivity index (χ1v) is 8.85. The van der Waals surface area contributed by atoms with E-state index < -0.39 is 0 Å². The van der Waals surface area contributed by atoms with Gasteiger partial charge in [-0.15, -0.1) is 0 Å². The van der Waals surface area contributed by atoms with Gasteiger partial charge in [-0.1, -0.05) is 12.1 Å². The Kier molecular flexibility index (Phi) is 7.74. The van der Waals surface area contributed by atoms with E-state index in [1.54, 1.807) is 13.8 Å². The highest BCUT2D eigenvalue weighted by Gasteiger charge is 2.08. The third-order valence-corrected chi connectivity index (χ3v) is 3.66. The van der Waals surface area contributed by atoms with Gasteiger partial charge in [0.1, 0.15) is 0 Å². The number of ether oxygens (including phenoxy) is 2. The van der Waals surface area contributed by atoms with E-state index in [9.17, 15) is 9.59 Å². The molecule has 0 saturated heterocycles. The van der Waals surface area contributed by atoms with Gasteiger partial charge in [-0.05, 0) is 38.1 Å². The van der Waals surface area contributed by atoms with Crippen LogP contribution in [0.2, 0.25) is 0 Å². The number of nitrogens with zero attached hydrogens (tertiary/aromatic N) is 2. The summed E-state index contributed by atoms with van der Waals surface area (Å²) in [7, 11) is 0. The summed E-state index contributed by atoms with van der Waals surface area (Å²) in [5, 5.41) is 0. The molecule has 0 atom stereocenters. The summed E-state index contributed by atoms with van der Waals surface area (Å²) in [6, 6.07) is 11.3. The highest BCUT2D eigenvalue weighted by Crippen LogP contribution is 2.16. The maximum Gasteiger partial charge on any atom is 0.306 e. The number of pyridine rings is 2. The molecule has 0 aliphatic heterocycles. The minimum absolute atomic E-state index is 0.223. The summed E-state index contributed by atoms with van der Waals surface area (Å²) in [4.78, 5) is 32.1. The van der Waals surface area contributed by atoms with Crippen molar-refractivity contribution in [2.75, 3.05) is 13.2 Å². The number of aryl methyl sites for hydroxylation is 2. The van der Waals surface area contributed by atoms with E-state index in [2.05, 4.69) is 9.97 Å². The molecule has 0 amide bonds. The Morgan fingerprint density at radius 3 is 1.58 bits per heavy atom. The second-order valence-corrected chi connectivity index (χ2v) is 5.64. The van der Waals surface area contributed by atoms with Gasteiger partial charge in [0.15, 0.2) is 0 Å². The quantitative estimate of drug-likeness (QED) is 0.642. The van der Waals surface area contributed by atoms with Gasteiger partial charge >= 0.3 is 11.9 Å². The highest BCUT2D eigenvalue weighted by molar-refractivity contribution is 5.70. The number of esters is 2. The van der Waals surface area contributed by atoms with E-state index in [1.165, 1.54) is 0 Å². The number of carbonyl (C=O) groups is 2. The van der Waals surface area contributed by atoms with Gasteiger partial charge < -0.3 is 9.47 Å². The molecule has 6 nitrogen and oxygen atoms in total. The first-order valence-electron chi connectivity index (χ1n) is 8.85. The standard InChI is InChI=1S/C20H24N2O4/c1-3-25-19(23)13-11-15-7-5-9-17(21-15)18-10-6-8-16(22-18)12-14-20(24)26-4-2/h5-10H,3-4,11-14H2,1-2H3. The van der Waals surface area contributed by atoms with Gasteiger partial charge in [-0.3, -0.25) is 19.6 Å². The van der Waals surface area contributed by atoms with Crippen molar-refractivity contribution < 1.29 is 19.1 Å². The Hall–Kier alpha value is -2.76. The summed E-state index contributed by atoms with van der Waals surface area (Å²) in [6.45, 7) is 4.35. The molecule has 0 aromatic carbocycles. The normalized spacial score (nSPS) is 10.4. The van der Waals surface area contributed by atoms with Crippen molar-refractivity contribution in [3.63, 3.8) is 0 Å². The monoisotopic (exact) mass is 356 g/mol. The van der Waals surface area contributed by atoms with Crippen molar-refractivity contribution in [1.29, 1.82) is 0 Å². The summed E-state index contributed by atoms with van der Waals surface area (Å²) in [6.07, 6.45) is 1.65. The van der Waals surface area contributed by atoms with Crippen molar-refractivity contribution in [2.24, 2.45) is 0 Å². The summed E-state index contributed by atoms with van der Waals surface area (Å²) in [5.74, 6) is -0.447. The van der Waals surface area contributed by atoms with E-state index in [-0.39, 0.29) is 11.9 Å². The number of carbonyl (C=O) groups excluding carboxylic acids is 2. The fourth-order valence-corrected chi connectivity index (χ4v) is 2.45. The Morgan fingerprint density at radius 1 is 0.769 bits per heavy atom. The number of aromatic nitrogens is 2. The molecule has 2 aromatic rings. The van der Waals surface area contributed by atoms with Crippen LogP contribution in [0.5, 0.6) is 0 Å². The molecule has 0 aliphatic carbocycles. The lowest BCUT2D eigenvalue weighted by atomic mass is 10.1. The summed E-state index contributed by atoms with van der Waals surface area (Å²) >= 11 is 0. The minimum Gasteiger partial charge on any atom is -0.466 e. The molecule has 138 valence electrons. The largest absolute Gasteiger partial charge is 0.466 e. The fraction of sp³-hybridized carbons (Fsp3) is 0.400. The molecule has 0 aliphatic rings. The van der Waals surface area contributed by atoms with Gasteiger partial charge in [0.2, 0.25) is 0 Å². The van der Waals surface area contributed by atoms with Crippen LogP contribution >= 0.6 is 0 Å². The van der Waals surface area contributed by atoms with E-state index in [0.717, 1.165) is 22.8 Å². The lowest BCUT2D eigenvalue weighted by molar-refractivity contribution is -0.144. The Balaban J connectivity index is 2.04. The Morgan fingerprint density at radius 2 is 1.19 bits per heavy atom. The highest BCUT2D eigenvalue weighted by atomic mass is 16.5. The van der Waals surface area contributed by atoms with Crippen molar-refractivity contribution >= 4 is 11.9 Å². The van der Waals surface area contributed by atoms with Crippen molar-refractivity contribution in [1.82, 2.24) is 9.97 Å². The first kappa shape index (κ1) is 19.6. The third kappa shape index (κ3) is 6.27. The summed E-state index contributed by atoms with van der Waals surface area (Å²) in [5.41, 5.74) is 3.11. The zero-order chi connectivity index (χ0) is 18.8. The van der Waals surface area contributed by atoms with Crippen molar-refractivity contribution in [3.05, 3.63) is 47.8 Å². The van der Waals surface area contributed by atoms with Gasteiger partial charge in [0.25, 0.3) is 0 Å². The number of hydrogen-bond donors (Lipinski definition) is 0. The van der Waals surface area contributed by atoms with Gasteiger partial charge in [0.05, 0.1) is 37.4 Å². The Labute approximate surface area is 153 Å². The molecule has 0 unspecified atom stereocenters. The van der Waals surface area contributed by atoms with E-state index in [1.807, 2.05) is 36.4 Å². The first-order chi connectivity index (χ1) is 12.6. The zero-order valence-corrected chi connectivity index (χ0v) is 15.2. The molecule has 2 heterocycles. The molecule has 0 radical (unpaired) electrons. The van der Waals surface area contributed by atoms with Gasteiger partial charge in [-0.2, -0.15) is 0 Å². The maximum absolute atomic E-state index is 11.5. The topological polar surface area (TPSA) is 78.4 Å². The molecule has 0 saturated carbocycles. The van der Waals surface area contributed by atoms with E-state index in [4.69, 9.17) is 9.47 Å². The minimum atomic E-state index is -0.223. The molecule has 2 aromatic heterocycles. The predicted molar refractivity (Wildman–Crippen MR) is 97.4 cm³/mol. The van der Waals surface area contributed by atoms with Gasteiger partial charge in [0, 0.05) is 24.2 Å². The number of rotatable bonds is 9. The maximum atomic E-state index is 11.5. The molecule has 0 bridgehead atoms. The molecule has 0 fully saturated rings. The lowest BCUT2D eigenvalue weighted by Gasteiger charge is -2.07. The molecule has 2 rings (SSSR count). The average molecular weight is 356 g/mol. The van der Waals surface area contributed by atoms with Crippen LogP contribution in [-0.2, 0) is 31.9 Å². The second kappa shape index (κ2) is 10.3. The Bertz CT molecular complexity index is 683. The smallest absolute Gasteiger partial charge is 0.306 e. The van der Waals surface area contributed by atoms with E-state index >= 15 is 0 Å². The van der Waals surface area contributed by atoms with Crippen molar-refractivity contribution in [3.8, 4) is 11.4 Å². The van der Waals surface area contributed by atoms with Crippen LogP contribution in [0.4, 0.5) is 0 Å². The van der Waals surface area contributed by atoms with Crippen LogP contribution in [0.25, 0.3) is 11.4 Å². The van der Waals surface area contributed by atoms with E-state index in [0.29, 0.717) is 38.9 Å². The van der Waals surface area contributed by atoms with Crippen LogP contribution in [0.15, 0.2) is 36.4 Å². The predicted octanol–water partition coefficient (Wildman–Crippen LogP) is 3.14. The molecular formula is C20H24N2O4. The van der Waals surface area contributed by atoms with Crippen molar-refractivity contribution in [2.45, 2.75) is 39.5 Å².